The summed E-state index contributed by atoms with van der Waals surface area (Å²) in [5.41, 5.74) is 2.48. The van der Waals surface area contributed by atoms with Crippen LogP contribution >= 0.6 is 12.4 Å². The van der Waals surface area contributed by atoms with Gasteiger partial charge >= 0.3 is 0 Å². The van der Waals surface area contributed by atoms with Gasteiger partial charge in [0.1, 0.15) is 0 Å². The normalized spacial score (nSPS) is 14.2. The number of hydrogen-bond donors (Lipinski definition) is 1. The van der Waals surface area contributed by atoms with Gasteiger partial charge in [-0.2, -0.15) is 0 Å². The highest BCUT2D eigenvalue weighted by atomic mass is 35.5. The molecule has 0 saturated carbocycles. The van der Waals surface area contributed by atoms with Crippen LogP contribution in [0.3, 0.4) is 0 Å². The van der Waals surface area contributed by atoms with Crippen molar-refractivity contribution in [2.45, 2.75) is 13.1 Å². The molecule has 0 bridgehead atoms. The predicted molar refractivity (Wildman–Crippen MR) is 104 cm³/mol. The Balaban J connectivity index is 0.00000225. The van der Waals surface area contributed by atoms with Crippen LogP contribution in [0.4, 0.5) is 0 Å². The second-order valence-corrected chi connectivity index (χ2v) is 6.25. The van der Waals surface area contributed by atoms with E-state index in [1.165, 1.54) is 11.1 Å². The van der Waals surface area contributed by atoms with Crippen LogP contribution < -0.4 is 5.32 Å². The molecular formula is C20H26ClN3O. The second-order valence-electron chi connectivity index (χ2n) is 6.25. The van der Waals surface area contributed by atoms with Gasteiger partial charge in [-0.15, -0.1) is 12.4 Å². The molecule has 2 aromatic carbocycles. The third kappa shape index (κ3) is 6.16. The molecule has 5 heteroatoms. The van der Waals surface area contributed by atoms with E-state index >= 15 is 0 Å². The number of rotatable bonds is 6. The van der Waals surface area contributed by atoms with Crippen LogP contribution in [-0.2, 0) is 17.9 Å². The smallest absolute Gasteiger partial charge is 0.236 e. The fraction of sp³-hybridized carbons (Fsp3) is 0.350. The summed E-state index contributed by atoms with van der Waals surface area (Å²) in [4.78, 5) is 16.8. The minimum Gasteiger partial charge on any atom is -0.339 e. The van der Waals surface area contributed by atoms with Crippen LogP contribution in [-0.4, -0.2) is 48.4 Å². The quantitative estimate of drug-likeness (QED) is 0.861. The van der Waals surface area contributed by atoms with Crippen LogP contribution in [0.1, 0.15) is 11.1 Å². The fourth-order valence-corrected chi connectivity index (χ4v) is 3.06. The van der Waals surface area contributed by atoms with E-state index in [-0.39, 0.29) is 18.3 Å². The van der Waals surface area contributed by atoms with Gasteiger partial charge in [-0.25, -0.2) is 0 Å². The Kier molecular flexibility index (Phi) is 7.92. The number of benzene rings is 2. The van der Waals surface area contributed by atoms with E-state index in [0.717, 1.165) is 39.3 Å². The van der Waals surface area contributed by atoms with Gasteiger partial charge in [0.05, 0.1) is 6.54 Å². The maximum absolute atomic E-state index is 12.6. The van der Waals surface area contributed by atoms with Gasteiger partial charge < -0.3 is 10.2 Å². The zero-order chi connectivity index (χ0) is 16.6. The molecule has 0 aromatic heterocycles. The molecule has 0 aliphatic carbocycles. The third-order valence-electron chi connectivity index (χ3n) is 4.33. The maximum atomic E-state index is 12.6. The van der Waals surface area contributed by atoms with Gasteiger partial charge in [-0.1, -0.05) is 60.7 Å². The number of halogens is 1. The Morgan fingerprint density at radius 3 is 1.84 bits per heavy atom. The molecule has 1 aliphatic rings. The fourth-order valence-electron chi connectivity index (χ4n) is 3.06. The molecule has 3 rings (SSSR count). The summed E-state index contributed by atoms with van der Waals surface area (Å²) in [7, 11) is 0. The van der Waals surface area contributed by atoms with E-state index < -0.39 is 0 Å². The monoisotopic (exact) mass is 359 g/mol. The number of piperazine rings is 1. The first-order chi connectivity index (χ1) is 11.8. The van der Waals surface area contributed by atoms with Crippen molar-refractivity contribution in [2.75, 3.05) is 32.7 Å². The lowest BCUT2D eigenvalue weighted by molar-refractivity contribution is -0.133. The highest BCUT2D eigenvalue weighted by Gasteiger charge is 2.19. The predicted octanol–water partition coefficient (Wildman–Crippen LogP) is 2.54. The molecule has 1 heterocycles. The van der Waals surface area contributed by atoms with Crippen LogP contribution in [0.2, 0.25) is 0 Å². The van der Waals surface area contributed by atoms with E-state index in [4.69, 9.17) is 0 Å². The number of hydrogen-bond acceptors (Lipinski definition) is 3. The van der Waals surface area contributed by atoms with Crippen molar-refractivity contribution in [3.8, 4) is 0 Å². The zero-order valence-corrected chi connectivity index (χ0v) is 15.3. The Labute approximate surface area is 156 Å². The molecule has 4 nitrogen and oxygen atoms in total. The molecule has 25 heavy (non-hydrogen) atoms. The molecule has 134 valence electrons. The van der Waals surface area contributed by atoms with Crippen molar-refractivity contribution in [3.63, 3.8) is 0 Å². The van der Waals surface area contributed by atoms with Crippen LogP contribution in [0.15, 0.2) is 60.7 Å². The number of nitrogens with one attached hydrogen (secondary N) is 1. The average molecular weight is 360 g/mol. The molecule has 1 saturated heterocycles. The number of nitrogens with zero attached hydrogens (tertiary/aromatic N) is 2. The van der Waals surface area contributed by atoms with E-state index in [1.54, 1.807) is 0 Å². The Bertz CT molecular complexity index is 588. The van der Waals surface area contributed by atoms with Crippen molar-refractivity contribution in [3.05, 3.63) is 71.8 Å². The van der Waals surface area contributed by atoms with E-state index in [2.05, 4.69) is 34.5 Å². The Morgan fingerprint density at radius 1 is 0.880 bits per heavy atom. The van der Waals surface area contributed by atoms with Gasteiger partial charge in [0.2, 0.25) is 5.91 Å². The molecule has 0 atom stereocenters. The molecule has 1 aliphatic heterocycles. The molecule has 2 aromatic rings. The van der Waals surface area contributed by atoms with Gasteiger partial charge in [0.15, 0.2) is 0 Å². The molecule has 0 unspecified atom stereocenters. The van der Waals surface area contributed by atoms with Crippen LogP contribution in [0.5, 0.6) is 0 Å². The largest absolute Gasteiger partial charge is 0.339 e. The van der Waals surface area contributed by atoms with Gasteiger partial charge in [-0.3, -0.25) is 9.69 Å². The van der Waals surface area contributed by atoms with E-state index in [0.29, 0.717) is 6.54 Å². The zero-order valence-electron chi connectivity index (χ0n) is 14.4. The lowest BCUT2D eigenvalue weighted by atomic mass is 10.1. The van der Waals surface area contributed by atoms with Crippen molar-refractivity contribution < 1.29 is 4.79 Å². The summed E-state index contributed by atoms with van der Waals surface area (Å²) < 4.78 is 0. The topological polar surface area (TPSA) is 35.6 Å². The average Bonchev–Trinajstić information content (AvgIpc) is 2.64. The van der Waals surface area contributed by atoms with Crippen molar-refractivity contribution in [2.24, 2.45) is 0 Å². The highest BCUT2D eigenvalue weighted by molar-refractivity contribution is 5.85. The highest BCUT2D eigenvalue weighted by Crippen LogP contribution is 2.10. The van der Waals surface area contributed by atoms with Crippen LogP contribution in [0, 0.1) is 0 Å². The first-order valence-corrected chi connectivity index (χ1v) is 8.60. The summed E-state index contributed by atoms with van der Waals surface area (Å²) in [5, 5.41) is 3.30. The summed E-state index contributed by atoms with van der Waals surface area (Å²) >= 11 is 0. The van der Waals surface area contributed by atoms with Gasteiger partial charge in [0, 0.05) is 39.3 Å². The first kappa shape index (κ1) is 19.4. The second kappa shape index (κ2) is 10.2. The SMILES string of the molecule is Cl.O=C(CN(Cc1ccccc1)Cc1ccccc1)N1CCNCC1. The Morgan fingerprint density at radius 2 is 1.36 bits per heavy atom. The number of carbonyl (C=O) groups excluding carboxylic acids is 1. The summed E-state index contributed by atoms with van der Waals surface area (Å²) in [6.07, 6.45) is 0. The van der Waals surface area contributed by atoms with Crippen molar-refractivity contribution in [1.82, 2.24) is 15.1 Å². The molecule has 1 amide bonds. The lowest BCUT2D eigenvalue weighted by Gasteiger charge is -2.30. The van der Waals surface area contributed by atoms with E-state index in [9.17, 15) is 4.79 Å². The van der Waals surface area contributed by atoms with Gasteiger partial charge in [0.25, 0.3) is 0 Å². The third-order valence-corrected chi connectivity index (χ3v) is 4.33. The summed E-state index contributed by atoms with van der Waals surface area (Å²) in [6, 6.07) is 20.7. The summed E-state index contributed by atoms with van der Waals surface area (Å²) in [5.74, 6) is 0.225. The van der Waals surface area contributed by atoms with Crippen molar-refractivity contribution >= 4 is 18.3 Å². The molecule has 0 radical (unpaired) electrons. The number of amides is 1. The first-order valence-electron chi connectivity index (χ1n) is 8.60. The number of carbonyl (C=O) groups is 1. The van der Waals surface area contributed by atoms with Crippen molar-refractivity contribution in [1.29, 1.82) is 0 Å². The molecular weight excluding hydrogens is 334 g/mol. The van der Waals surface area contributed by atoms with Gasteiger partial charge in [-0.05, 0) is 11.1 Å². The lowest BCUT2D eigenvalue weighted by Crippen LogP contribution is -2.49. The maximum Gasteiger partial charge on any atom is 0.236 e. The molecule has 1 fully saturated rings. The molecule has 0 spiro atoms. The van der Waals surface area contributed by atoms with E-state index in [1.807, 2.05) is 41.3 Å². The van der Waals surface area contributed by atoms with Crippen LogP contribution in [0.25, 0.3) is 0 Å². The minimum atomic E-state index is 0. The summed E-state index contributed by atoms with van der Waals surface area (Å²) in [6.45, 7) is 5.43. The standard InChI is InChI=1S/C20H25N3O.ClH/c24-20(23-13-11-21-12-14-23)17-22(15-18-7-3-1-4-8-18)16-19-9-5-2-6-10-19;/h1-10,21H,11-17H2;1H. The minimum absolute atomic E-state index is 0. The molecule has 1 N–H and O–H groups in total. The Hall–Kier alpha value is -1.88.